The van der Waals surface area contributed by atoms with Gasteiger partial charge in [0.1, 0.15) is 0 Å². The van der Waals surface area contributed by atoms with Gasteiger partial charge >= 0.3 is 0 Å². The molecule has 0 aliphatic carbocycles. The van der Waals surface area contributed by atoms with Gasteiger partial charge in [-0.05, 0) is 36.5 Å². The maximum absolute atomic E-state index is 12.9. The standard InChI is InChI=1S/C19H24N2O3/c1-2-18(22)20-11-15-7-4-3-6-14(15)10-19(23)21-16-8-5-9-17(21)13-24-12-16/h2-4,6-7,16-17H,1,5,8-13H2,(H,20,22). The molecule has 128 valence electrons. The first kappa shape index (κ1) is 16.7. The van der Waals surface area contributed by atoms with Crippen LogP contribution in [0.25, 0.3) is 0 Å². The van der Waals surface area contributed by atoms with Crippen LogP contribution < -0.4 is 5.32 Å². The van der Waals surface area contributed by atoms with Crippen LogP contribution in [-0.2, 0) is 27.3 Å². The van der Waals surface area contributed by atoms with Gasteiger partial charge in [0, 0.05) is 6.54 Å². The minimum absolute atomic E-state index is 0.162. The number of rotatable bonds is 5. The zero-order valence-corrected chi connectivity index (χ0v) is 13.9. The first-order chi connectivity index (χ1) is 11.7. The van der Waals surface area contributed by atoms with Crippen molar-refractivity contribution in [3.05, 3.63) is 48.0 Å². The summed E-state index contributed by atoms with van der Waals surface area (Å²) in [6.07, 6.45) is 4.85. The first-order valence-electron chi connectivity index (χ1n) is 8.55. The summed E-state index contributed by atoms with van der Waals surface area (Å²) < 4.78 is 5.62. The second-order valence-electron chi connectivity index (χ2n) is 6.44. The average Bonchev–Trinajstić information content (AvgIpc) is 2.60. The number of fused-ring (bicyclic) bond motifs is 2. The lowest BCUT2D eigenvalue weighted by molar-refractivity contribution is -0.149. The van der Waals surface area contributed by atoms with E-state index in [4.69, 9.17) is 4.74 Å². The normalized spacial score (nSPS) is 22.8. The van der Waals surface area contributed by atoms with Crippen LogP contribution in [0.4, 0.5) is 0 Å². The van der Waals surface area contributed by atoms with E-state index in [1.54, 1.807) is 0 Å². The van der Waals surface area contributed by atoms with Gasteiger partial charge in [-0.15, -0.1) is 0 Å². The molecule has 2 unspecified atom stereocenters. The molecule has 5 nitrogen and oxygen atoms in total. The Bertz CT molecular complexity index is 607. The lowest BCUT2D eigenvalue weighted by atomic mass is 9.93. The van der Waals surface area contributed by atoms with Gasteiger partial charge in [-0.25, -0.2) is 0 Å². The maximum atomic E-state index is 12.9. The summed E-state index contributed by atoms with van der Waals surface area (Å²) in [4.78, 5) is 26.3. The maximum Gasteiger partial charge on any atom is 0.243 e. The van der Waals surface area contributed by atoms with Crippen molar-refractivity contribution in [2.75, 3.05) is 13.2 Å². The zero-order chi connectivity index (χ0) is 16.9. The molecule has 2 bridgehead atoms. The van der Waals surface area contributed by atoms with Crippen LogP contribution in [0.1, 0.15) is 30.4 Å². The molecule has 0 saturated carbocycles. The van der Waals surface area contributed by atoms with E-state index in [9.17, 15) is 9.59 Å². The molecule has 2 aliphatic rings. The summed E-state index contributed by atoms with van der Waals surface area (Å²) in [5.41, 5.74) is 1.94. The Morgan fingerprint density at radius 2 is 1.88 bits per heavy atom. The monoisotopic (exact) mass is 328 g/mol. The number of morpholine rings is 1. The second kappa shape index (κ2) is 7.62. The topological polar surface area (TPSA) is 58.6 Å². The van der Waals surface area contributed by atoms with Gasteiger partial charge in [-0.1, -0.05) is 30.8 Å². The van der Waals surface area contributed by atoms with Crippen LogP contribution in [-0.4, -0.2) is 42.0 Å². The number of nitrogens with one attached hydrogen (secondary N) is 1. The highest BCUT2D eigenvalue weighted by Gasteiger charge is 2.37. The van der Waals surface area contributed by atoms with E-state index in [-0.39, 0.29) is 23.9 Å². The molecule has 1 N–H and O–H groups in total. The van der Waals surface area contributed by atoms with Crippen molar-refractivity contribution in [3.63, 3.8) is 0 Å². The lowest BCUT2D eigenvalue weighted by Gasteiger charge is -2.46. The van der Waals surface area contributed by atoms with E-state index in [1.807, 2.05) is 29.2 Å². The third-order valence-corrected chi connectivity index (χ3v) is 4.87. The molecule has 5 heteroatoms. The molecule has 2 aliphatic heterocycles. The molecule has 3 rings (SSSR count). The SMILES string of the molecule is C=CC(=O)NCc1ccccc1CC(=O)N1C2CCCC1COC2. The van der Waals surface area contributed by atoms with E-state index in [2.05, 4.69) is 11.9 Å². The van der Waals surface area contributed by atoms with E-state index < -0.39 is 0 Å². The number of nitrogens with zero attached hydrogens (tertiary/aromatic N) is 1. The van der Waals surface area contributed by atoms with Crippen molar-refractivity contribution in [3.8, 4) is 0 Å². The first-order valence-corrected chi connectivity index (χ1v) is 8.55. The minimum Gasteiger partial charge on any atom is -0.377 e. The molecular weight excluding hydrogens is 304 g/mol. The van der Waals surface area contributed by atoms with Crippen molar-refractivity contribution >= 4 is 11.8 Å². The van der Waals surface area contributed by atoms with Crippen molar-refractivity contribution < 1.29 is 14.3 Å². The minimum atomic E-state index is -0.209. The predicted octanol–water partition coefficient (Wildman–Crippen LogP) is 1.81. The van der Waals surface area contributed by atoms with Crippen LogP contribution in [0.2, 0.25) is 0 Å². The second-order valence-corrected chi connectivity index (χ2v) is 6.44. The molecule has 2 atom stereocenters. The number of hydrogen-bond acceptors (Lipinski definition) is 3. The van der Waals surface area contributed by atoms with Crippen LogP contribution in [0.3, 0.4) is 0 Å². The number of amides is 2. The summed E-state index contributed by atoms with van der Waals surface area (Å²) in [6.45, 7) is 5.16. The largest absolute Gasteiger partial charge is 0.377 e. The quantitative estimate of drug-likeness (QED) is 0.839. The Morgan fingerprint density at radius 1 is 1.21 bits per heavy atom. The molecule has 2 saturated heterocycles. The molecule has 2 amide bonds. The van der Waals surface area contributed by atoms with Crippen molar-refractivity contribution in [1.82, 2.24) is 10.2 Å². The fourth-order valence-electron chi connectivity index (χ4n) is 3.65. The number of ether oxygens (including phenoxy) is 1. The van der Waals surface area contributed by atoms with Crippen LogP contribution in [0.5, 0.6) is 0 Å². The van der Waals surface area contributed by atoms with Crippen molar-refractivity contribution in [1.29, 1.82) is 0 Å². The Hall–Kier alpha value is -2.14. The summed E-state index contributed by atoms with van der Waals surface area (Å²) in [5.74, 6) is -0.0469. The molecule has 24 heavy (non-hydrogen) atoms. The third-order valence-electron chi connectivity index (χ3n) is 4.87. The molecule has 1 aromatic carbocycles. The smallest absolute Gasteiger partial charge is 0.243 e. The van der Waals surface area contributed by atoms with E-state index in [1.165, 1.54) is 12.5 Å². The molecule has 0 aromatic heterocycles. The van der Waals surface area contributed by atoms with E-state index in [0.717, 1.165) is 24.0 Å². The third kappa shape index (κ3) is 3.67. The van der Waals surface area contributed by atoms with Crippen molar-refractivity contribution in [2.45, 2.75) is 44.3 Å². The fourth-order valence-corrected chi connectivity index (χ4v) is 3.65. The Morgan fingerprint density at radius 3 is 2.54 bits per heavy atom. The summed E-state index contributed by atoms with van der Waals surface area (Å²) in [7, 11) is 0. The van der Waals surface area contributed by atoms with Gasteiger partial charge in [0.2, 0.25) is 11.8 Å². The number of carbonyl (C=O) groups is 2. The lowest BCUT2D eigenvalue weighted by Crippen LogP contribution is -2.57. The number of piperidine rings is 1. The highest BCUT2D eigenvalue weighted by Crippen LogP contribution is 2.28. The van der Waals surface area contributed by atoms with Gasteiger partial charge in [-0.3, -0.25) is 9.59 Å². The fraction of sp³-hybridized carbons (Fsp3) is 0.474. The average molecular weight is 328 g/mol. The van der Waals surface area contributed by atoms with Crippen LogP contribution >= 0.6 is 0 Å². The number of benzene rings is 1. The predicted molar refractivity (Wildman–Crippen MR) is 91.3 cm³/mol. The zero-order valence-electron chi connectivity index (χ0n) is 13.9. The van der Waals surface area contributed by atoms with Gasteiger partial charge in [0.25, 0.3) is 0 Å². The Kier molecular flexibility index (Phi) is 5.30. The van der Waals surface area contributed by atoms with Gasteiger partial charge < -0.3 is 15.0 Å². The molecule has 2 fully saturated rings. The number of hydrogen-bond donors (Lipinski definition) is 1. The van der Waals surface area contributed by atoms with Gasteiger partial charge in [0.05, 0.1) is 31.7 Å². The Labute approximate surface area is 142 Å². The van der Waals surface area contributed by atoms with Gasteiger partial charge in [0.15, 0.2) is 0 Å². The molecular formula is C19H24N2O3. The van der Waals surface area contributed by atoms with Crippen LogP contribution in [0.15, 0.2) is 36.9 Å². The highest BCUT2D eigenvalue weighted by atomic mass is 16.5. The summed E-state index contributed by atoms with van der Waals surface area (Å²) >= 11 is 0. The van der Waals surface area contributed by atoms with E-state index in [0.29, 0.717) is 26.2 Å². The number of carbonyl (C=O) groups excluding carboxylic acids is 2. The Balaban J connectivity index is 1.70. The van der Waals surface area contributed by atoms with E-state index >= 15 is 0 Å². The summed E-state index contributed by atoms with van der Waals surface area (Å²) in [6, 6.07) is 8.21. The molecule has 2 heterocycles. The highest BCUT2D eigenvalue weighted by molar-refractivity contribution is 5.86. The molecule has 0 radical (unpaired) electrons. The van der Waals surface area contributed by atoms with Crippen LogP contribution in [0, 0.1) is 0 Å². The molecule has 0 spiro atoms. The van der Waals surface area contributed by atoms with Crippen molar-refractivity contribution in [2.24, 2.45) is 0 Å². The van der Waals surface area contributed by atoms with Gasteiger partial charge in [-0.2, -0.15) is 0 Å². The molecule has 1 aromatic rings. The summed E-state index contributed by atoms with van der Waals surface area (Å²) in [5, 5.41) is 2.78.